The highest BCUT2D eigenvalue weighted by molar-refractivity contribution is 6.06. The van der Waals surface area contributed by atoms with Gasteiger partial charge in [-0.1, -0.05) is 25.1 Å². The number of carbonyl (C=O) groups excluding carboxylic acids is 4. The van der Waals surface area contributed by atoms with Crippen LogP contribution in [-0.4, -0.2) is 82.2 Å². The van der Waals surface area contributed by atoms with Crippen molar-refractivity contribution in [3.63, 3.8) is 0 Å². The number of benzene rings is 1. The third kappa shape index (κ3) is 5.42. The number of hydrogen-bond donors (Lipinski definition) is 3. The fourth-order valence-corrected chi connectivity index (χ4v) is 7.58. The number of carbonyl (C=O) groups is 4. The maximum absolute atomic E-state index is 14.2. The van der Waals surface area contributed by atoms with Gasteiger partial charge in [0.05, 0.1) is 5.41 Å². The van der Waals surface area contributed by atoms with Crippen LogP contribution in [-0.2, 0) is 32.6 Å². The van der Waals surface area contributed by atoms with Crippen molar-refractivity contribution in [2.75, 3.05) is 43.4 Å². The van der Waals surface area contributed by atoms with E-state index in [0.29, 0.717) is 62.5 Å². The standard InChI is InChI=1S/C35H39N7O4/c1-34(11-16-41(17-12-34)31(44)28-8-2-3-14-37-28)33(46)42(26-6-4-13-36-21-26)22-29(43)39-25-10-9-23-19-35(20-24(23)18-25)27-7-5-15-38-30(27)40-32(35)45/h2-3,5,7-10,14-15,18,26,36H,4,6,11-13,16-17,19-22H2,1H3,(H,39,43)(H,38,40,45)/t26-,35+/m0/s1. The number of anilines is 2. The van der Waals surface area contributed by atoms with Crippen molar-refractivity contribution in [3.05, 3.63) is 83.3 Å². The highest BCUT2D eigenvalue weighted by Crippen LogP contribution is 2.47. The third-order valence-corrected chi connectivity index (χ3v) is 10.3. The van der Waals surface area contributed by atoms with Crippen molar-refractivity contribution in [3.8, 4) is 0 Å². The number of likely N-dealkylation sites (tertiary alicyclic amines) is 1. The van der Waals surface area contributed by atoms with Gasteiger partial charge in [-0.2, -0.15) is 0 Å². The molecule has 3 aromatic rings. The first kappa shape index (κ1) is 30.0. The van der Waals surface area contributed by atoms with Crippen LogP contribution in [0.5, 0.6) is 0 Å². The second kappa shape index (κ2) is 11.9. The highest BCUT2D eigenvalue weighted by Gasteiger charge is 2.51. The van der Waals surface area contributed by atoms with Crippen LogP contribution >= 0.6 is 0 Å². The van der Waals surface area contributed by atoms with Crippen LogP contribution < -0.4 is 16.0 Å². The predicted molar refractivity (Wildman–Crippen MR) is 172 cm³/mol. The minimum Gasteiger partial charge on any atom is -0.337 e. The fraction of sp³-hybridized carbons (Fsp3) is 0.429. The van der Waals surface area contributed by atoms with Crippen LogP contribution in [0.3, 0.4) is 0 Å². The van der Waals surface area contributed by atoms with Gasteiger partial charge >= 0.3 is 0 Å². The Bertz CT molecular complexity index is 1680. The summed E-state index contributed by atoms with van der Waals surface area (Å²) in [6, 6.07) is 14.8. The van der Waals surface area contributed by atoms with Crippen LogP contribution in [0.4, 0.5) is 11.5 Å². The lowest BCUT2D eigenvalue weighted by Gasteiger charge is -2.43. The fourth-order valence-electron chi connectivity index (χ4n) is 7.58. The summed E-state index contributed by atoms with van der Waals surface area (Å²) in [5, 5.41) is 9.36. The van der Waals surface area contributed by atoms with Gasteiger partial charge in [0.2, 0.25) is 17.7 Å². The van der Waals surface area contributed by atoms with E-state index in [4.69, 9.17) is 0 Å². The van der Waals surface area contributed by atoms with E-state index in [2.05, 4.69) is 25.9 Å². The molecule has 11 nitrogen and oxygen atoms in total. The van der Waals surface area contributed by atoms with E-state index < -0.39 is 10.8 Å². The normalized spacial score (nSPS) is 22.9. The molecular formula is C35H39N7O4. The summed E-state index contributed by atoms with van der Waals surface area (Å²) in [7, 11) is 0. The second-order valence-electron chi connectivity index (χ2n) is 13.3. The van der Waals surface area contributed by atoms with Crippen LogP contribution in [0, 0.1) is 5.41 Å². The molecule has 0 bridgehead atoms. The van der Waals surface area contributed by atoms with Crippen molar-refractivity contribution in [2.24, 2.45) is 5.41 Å². The van der Waals surface area contributed by atoms with Crippen molar-refractivity contribution in [1.29, 1.82) is 0 Å². The number of amides is 4. The summed E-state index contributed by atoms with van der Waals surface area (Å²) in [6.07, 6.45) is 7.19. The molecule has 2 fully saturated rings. The number of pyridine rings is 2. The van der Waals surface area contributed by atoms with Crippen molar-refractivity contribution >= 4 is 35.1 Å². The summed E-state index contributed by atoms with van der Waals surface area (Å²) in [6.45, 7) is 4.34. The number of piperidine rings is 2. The molecule has 2 saturated heterocycles. The Balaban J connectivity index is 1.03. The molecule has 2 atom stereocenters. The highest BCUT2D eigenvalue weighted by atomic mass is 16.2. The Hall–Kier alpha value is -4.64. The zero-order valence-electron chi connectivity index (χ0n) is 26.1. The van der Waals surface area contributed by atoms with E-state index in [1.54, 1.807) is 40.4 Å². The molecule has 4 amide bonds. The minimum absolute atomic E-state index is 0.0429. The van der Waals surface area contributed by atoms with Crippen LogP contribution in [0.2, 0.25) is 0 Å². The summed E-state index contributed by atoms with van der Waals surface area (Å²) >= 11 is 0. The average molecular weight is 622 g/mol. The summed E-state index contributed by atoms with van der Waals surface area (Å²) in [4.78, 5) is 66.0. The molecule has 46 heavy (non-hydrogen) atoms. The predicted octanol–water partition coefficient (Wildman–Crippen LogP) is 2.93. The molecule has 0 radical (unpaired) electrons. The molecular weight excluding hydrogens is 582 g/mol. The molecule has 1 spiro atoms. The Kier molecular flexibility index (Phi) is 7.80. The average Bonchev–Trinajstić information content (AvgIpc) is 3.60. The van der Waals surface area contributed by atoms with Crippen molar-refractivity contribution in [1.82, 2.24) is 25.1 Å². The molecule has 2 aromatic heterocycles. The molecule has 0 saturated carbocycles. The van der Waals surface area contributed by atoms with Gasteiger partial charge in [-0.25, -0.2) is 4.98 Å². The number of aromatic nitrogens is 2. The smallest absolute Gasteiger partial charge is 0.272 e. The number of nitrogens with one attached hydrogen (secondary N) is 3. The van der Waals surface area contributed by atoms with E-state index in [9.17, 15) is 19.2 Å². The zero-order valence-corrected chi connectivity index (χ0v) is 26.1. The van der Waals surface area contributed by atoms with Gasteiger partial charge in [0.25, 0.3) is 5.91 Å². The maximum atomic E-state index is 14.2. The number of rotatable bonds is 6. The van der Waals surface area contributed by atoms with E-state index in [1.807, 2.05) is 37.3 Å². The Morgan fingerprint density at radius 2 is 1.83 bits per heavy atom. The minimum atomic E-state index is -0.687. The Morgan fingerprint density at radius 1 is 1.02 bits per heavy atom. The van der Waals surface area contributed by atoms with Gasteiger partial charge in [-0.3, -0.25) is 24.2 Å². The van der Waals surface area contributed by atoms with Gasteiger partial charge < -0.3 is 25.8 Å². The van der Waals surface area contributed by atoms with Crippen LogP contribution in [0.1, 0.15) is 59.8 Å². The quantitative estimate of drug-likeness (QED) is 0.385. The molecule has 11 heteroatoms. The monoisotopic (exact) mass is 621 g/mol. The molecule has 5 heterocycles. The lowest BCUT2D eigenvalue weighted by Crippen LogP contribution is -2.57. The van der Waals surface area contributed by atoms with E-state index in [-0.39, 0.29) is 36.2 Å². The van der Waals surface area contributed by atoms with Crippen LogP contribution in [0.15, 0.2) is 60.9 Å². The van der Waals surface area contributed by atoms with Crippen molar-refractivity contribution in [2.45, 2.75) is 56.9 Å². The summed E-state index contributed by atoms with van der Waals surface area (Å²) in [5.41, 5.74) is 2.69. The first-order valence-corrected chi connectivity index (χ1v) is 16.2. The summed E-state index contributed by atoms with van der Waals surface area (Å²) in [5.74, 6) is 0.147. The topological polar surface area (TPSA) is 137 Å². The Labute approximate surface area is 268 Å². The molecule has 4 aliphatic rings. The largest absolute Gasteiger partial charge is 0.337 e. The molecule has 3 aliphatic heterocycles. The van der Waals surface area contributed by atoms with Gasteiger partial charge in [0.1, 0.15) is 18.1 Å². The molecule has 238 valence electrons. The first-order valence-electron chi connectivity index (χ1n) is 16.2. The lowest BCUT2D eigenvalue weighted by atomic mass is 9.78. The van der Waals surface area contributed by atoms with E-state index in [0.717, 1.165) is 36.1 Å². The number of fused-ring (bicyclic) bond motifs is 3. The van der Waals surface area contributed by atoms with Gasteiger partial charge in [-0.05, 0) is 86.5 Å². The SMILES string of the molecule is CC1(C(=O)N(CC(=O)Nc2ccc3c(c2)C[C@@]2(C3)C(=O)Nc3ncccc32)[C@H]2CCCNC2)CCN(C(=O)c2ccccn2)CC1. The molecule has 1 aliphatic carbocycles. The lowest BCUT2D eigenvalue weighted by molar-refractivity contribution is -0.148. The van der Waals surface area contributed by atoms with Gasteiger partial charge in [0.15, 0.2) is 0 Å². The van der Waals surface area contributed by atoms with E-state index in [1.165, 1.54) is 0 Å². The van der Waals surface area contributed by atoms with Gasteiger partial charge in [0, 0.05) is 54.7 Å². The first-order chi connectivity index (χ1) is 22.3. The summed E-state index contributed by atoms with van der Waals surface area (Å²) < 4.78 is 0. The Morgan fingerprint density at radius 3 is 2.59 bits per heavy atom. The molecule has 0 unspecified atom stereocenters. The van der Waals surface area contributed by atoms with E-state index >= 15 is 0 Å². The molecule has 3 N–H and O–H groups in total. The maximum Gasteiger partial charge on any atom is 0.272 e. The van der Waals surface area contributed by atoms with Crippen LogP contribution in [0.25, 0.3) is 0 Å². The molecule has 7 rings (SSSR count). The van der Waals surface area contributed by atoms with Crippen molar-refractivity contribution < 1.29 is 19.2 Å². The number of nitrogens with zero attached hydrogens (tertiary/aromatic N) is 4. The zero-order chi connectivity index (χ0) is 31.9. The molecule has 1 aromatic carbocycles. The number of hydrogen-bond acceptors (Lipinski definition) is 7. The third-order valence-electron chi connectivity index (χ3n) is 10.3. The van der Waals surface area contributed by atoms with Gasteiger partial charge in [-0.15, -0.1) is 0 Å². The second-order valence-corrected chi connectivity index (χ2v) is 13.3.